The molecule has 1 aromatic rings. The van der Waals surface area contributed by atoms with Crippen LogP contribution in [0.1, 0.15) is 23.2 Å². The number of halogens is 2. The minimum absolute atomic E-state index is 0.107. The molecule has 1 aromatic carbocycles. The Balaban J connectivity index is 2.22. The smallest absolute Gasteiger partial charge is 0.329 e. The Morgan fingerprint density at radius 3 is 2.50 bits per heavy atom. The molecule has 0 unspecified atom stereocenters. The molecule has 2 N–H and O–H groups in total. The van der Waals surface area contributed by atoms with Crippen LogP contribution in [0.2, 0.25) is 0 Å². The van der Waals surface area contributed by atoms with E-state index < -0.39 is 23.2 Å². The molecule has 1 aliphatic heterocycles. The van der Waals surface area contributed by atoms with Gasteiger partial charge in [-0.15, -0.1) is 0 Å². The van der Waals surface area contributed by atoms with Crippen molar-refractivity contribution in [2.75, 3.05) is 11.5 Å². The zero-order valence-electron chi connectivity index (χ0n) is 10.5. The van der Waals surface area contributed by atoms with Crippen molar-refractivity contribution < 1.29 is 19.1 Å². The van der Waals surface area contributed by atoms with Gasteiger partial charge in [0.25, 0.3) is 5.91 Å². The summed E-state index contributed by atoms with van der Waals surface area (Å²) in [5.41, 5.74) is -1.14. The number of carboxylic acids is 1. The van der Waals surface area contributed by atoms with E-state index in [0.717, 1.165) is 6.07 Å². The van der Waals surface area contributed by atoms with Crippen molar-refractivity contribution >= 4 is 39.6 Å². The predicted molar refractivity (Wildman–Crippen MR) is 78.5 cm³/mol. The van der Waals surface area contributed by atoms with E-state index in [4.69, 9.17) is 0 Å². The summed E-state index contributed by atoms with van der Waals surface area (Å²) in [5, 5.41) is 11.9. The lowest BCUT2D eigenvalue weighted by Gasteiger charge is -2.33. The summed E-state index contributed by atoms with van der Waals surface area (Å²) in [5.74, 6) is -0.798. The zero-order valence-corrected chi connectivity index (χ0v) is 12.9. The normalized spacial score (nSPS) is 17.5. The lowest BCUT2D eigenvalue weighted by molar-refractivity contribution is -0.144. The third kappa shape index (κ3) is 3.32. The molecule has 1 aliphatic rings. The summed E-state index contributed by atoms with van der Waals surface area (Å²) in [7, 11) is 0. The van der Waals surface area contributed by atoms with E-state index in [1.165, 1.54) is 12.1 Å². The molecule has 0 aliphatic carbocycles. The van der Waals surface area contributed by atoms with Crippen LogP contribution < -0.4 is 5.32 Å². The first-order valence-corrected chi connectivity index (χ1v) is 7.97. The lowest BCUT2D eigenvalue weighted by Crippen LogP contribution is -2.56. The van der Waals surface area contributed by atoms with Gasteiger partial charge >= 0.3 is 5.97 Å². The number of hydrogen-bond acceptors (Lipinski definition) is 3. The first kappa shape index (κ1) is 15.3. The Morgan fingerprint density at radius 1 is 1.30 bits per heavy atom. The molecular formula is C13H13BrFNO3S. The summed E-state index contributed by atoms with van der Waals surface area (Å²) in [6, 6.07) is 3.79. The van der Waals surface area contributed by atoms with Crippen molar-refractivity contribution in [1.82, 2.24) is 5.32 Å². The third-order valence-corrected chi connectivity index (χ3v) is 4.68. The highest BCUT2D eigenvalue weighted by Crippen LogP contribution is 2.28. The molecule has 1 heterocycles. The van der Waals surface area contributed by atoms with E-state index >= 15 is 0 Å². The maximum Gasteiger partial charge on any atom is 0.329 e. The number of benzene rings is 1. The Kier molecular flexibility index (Phi) is 4.70. The fraction of sp³-hybridized carbons (Fsp3) is 0.385. The van der Waals surface area contributed by atoms with Crippen molar-refractivity contribution in [3.05, 3.63) is 34.1 Å². The second-order valence-electron chi connectivity index (χ2n) is 4.61. The number of carboxylic acid groups (broad SMARTS) is 1. The first-order chi connectivity index (χ1) is 9.43. The molecule has 108 valence electrons. The van der Waals surface area contributed by atoms with Gasteiger partial charge in [-0.2, -0.15) is 11.8 Å². The van der Waals surface area contributed by atoms with Crippen molar-refractivity contribution in [3.63, 3.8) is 0 Å². The van der Waals surface area contributed by atoms with Gasteiger partial charge in [0, 0.05) is 10.0 Å². The van der Waals surface area contributed by atoms with Crippen LogP contribution in [-0.4, -0.2) is 34.0 Å². The molecule has 4 nitrogen and oxygen atoms in total. The fourth-order valence-corrected chi connectivity index (χ4v) is 3.74. The number of thioether (sulfide) groups is 1. The Bertz CT molecular complexity index is 526. The third-order valence-electron chi connectivity index (χ3n) is 3.23. The number of carbonyl (C=O) groups excluding carboxylic acids is 1. The van der Waals surface area contributed by atoms with Gasteiger partial charge in [-0.3, -0.25) is 4.79 Å². The molecule has 0 spiro atoms. The molecule has 20 heavy (non-hydrogen) atoms. The van der Waals surface area contributed by atoms with Gasteiger partial charge < -0.3 is 10.4 Å². The zero-order chi connectivity index (χ0) is 14.8. The van der Waals surface area contributed by atoms with Crippen LogP contribution >= 0.6 is 27.7 Å². The van der Waals surface area contributed by atoms with Crippen LogP contribution in [0.5, 0.6) is 0 Å². The molecule has 2 rings (SSSR count). The minimum Gasteiger partial charge on any atom is -0.480 e. The molecule has 1 saturated heterocycles. The van der Waals surface area contributed by atoms with Crippen LogP contribution in [0.4, 0.5) is 4.39 Å². The first-order valence-electron chi connectivity index (χ1n) is 6.03. The molecular weight excluding hydrogens is 349 g/mol. The lowest BCUT2D eigenvalue weighted by atomic mass is 9.92. The average molecular weight is 362 g/mol. The Morgan fingerprint density at radius 2 is 1.95 bits per heavy atom. The van der Waals surface area contributed by atoms with Crippen molar-refractivity contribution in [2.24, 2.45) is 0 Å². The standard InChI is InChI=1S/C13H13BrFNO3S/c14-9-5-8(6-10(15)7-9)11(17)16-13(12(18)19)1-3-20-4-2-13/h5-7H,1-4H2,(H,16,17)(H,18,19). The van der Waals surface area contributed by atoms with Crippen LogP contribution in [0.15, 0.2) is 22.7 Å². The van der Waals surface area contributed by atoms with Gasteiger partial charge in [-0.1, -0.05) is 15.9 Å². The highest BCUT2D eigenvalue weighted by atomic mass is 79.9. The second kappa shape index (κ2) is 6.13. The number of amides is 1. The van der Waals surface area contributed by atoms with Gasteiger partial charge in [0.05, 0.1) is 0 Å². The monoisotopic (exact) mass is 361 g/mol. The van der Waals surface area contributed by atoms with E-state index in [0.29, 0.717) is 28.8 Å². The van der Waals surface area contributed by atoms with Crippen LogP contribution in [0.3, 0.4) is 0 Å². The van der Waals surface area contributed by atoms with Gasteiger partial charge in [-0.05, 0) is 42.5 Å². The molecule has 1 fully saturated rings. The van der Waals surface area contributed by atoms with E-state index in [2.05, 4.69) is 21.2 Å². The molecule has 0 radical (unpaired) electrons. The fourth-order valence-electron chi connectivity index (χ4n) is 2.09. The molecule has 0 atom stereocenters. The highest BCUT2D eigenvalue weighted by Gasteiger charge is 2.41. The van der Waals surface area contributed by atoms with Crippen LogP contribution in [0, 0.1) is 5.82 Å². The molecule has 0 bridgehead atoms. The van der Waals surface area contributed by atoms with Crippen LogP contribution in [0.25, 0.3) is 0 Å². The Hall–Kier alpha value is -1.08. The summed E-state index contributed by atoms with van der Waals surface area (Å²) in [6.45, 7) is 0. The van der Waals surface area contributed by atoms with E-state index in [9.17, 15) is 19.1 Å². The van der Waals surface area contributed by atoms with Gasteiger partial charge in [0.15, 0.2) is 0 Å². The van der Waals surface area contributed by atoms with Gasteiger partial charge in [-0.25, -0.2) is 9.18 Å². The van der Waals surface area contributed by atoms with E-state index in [1.807, 2.05) is 0 Å². The summed E-state index contributed by atoms with van der Waals surface area (Å²) in [4.78, 5) is 23.6. The number of carbonyl (C=O) groups is 2. The molecule has 1 amide bonds. The Labute approximate surface area is 128 Å². The molecule has 0 aromatic heterocycles. The van der Waals surface area contributed by atoms with Gasteiger partial charge in [0.1, 0.15) is 11.4 Å². The highest BCUT2D eigenvalue weighted by molar-refractivity contribution is 9.10. The maximum atomic E-state index is 13.3. The van der Waals surface area contributed by atoms with Crippen LogP contribution in [-0.2, 0) is 4.79 Å². The number of aliphatic carboxylic acids is 1. The summed E-state index contributed by atoms with van der Waals surface area (Å²) >= 11 is 4.77. The molecule has 0 saturated carbocycles. The quantitative estimate of drug-likeness (QED) is 0.868. The predicted octanol–water partition coefficient (Wildman–Crippen LogP) is 2.67. The topological polar surface area (TPSA) is 66.4 Å². The number of hydrogen-bond donors (Lipinski definition) is 2. The van der Waals surface area contributed by atoms with E-state index in [-0.39, 0.29) is 5.56 Å². The average Bonchev–Trinajstić information content (AvgIpc) is 2.38. The second-order valence-corrected chi connectivity index (χ2v) is 6.75. The minimum atomic E-state index is -1.25. The van der Waals surface area contributed by atoms with Crippen molar-refractivity contribution in [2.45, 2.75) is 18.4 Å². The molecule has 7 heteroatoms. The van der Waals surface area contributed by atoms with Gasteiger partial charge in [0.2, 0.25) is 0 Å². The van der Waals surface area contributed by atoms with Crippen molar-refractivity contribution in [3.8, 4) is 0 Å². The van der Waals surface area contributed by atoms with E-state index in [1.54, 1.807) is 11.8 Å². The van der Waals surface area contributed by atoms with Crippen molar-refractivity contribution in [1.29, 1.82) is 0 Å². The summed E-state index contributed by atoms with van der Waals surface area (Å²) in [6.07, 6.45) is 0.741. The number of nitrogens with one attached hydrogen (secondary N) is 1. The number of rotatable bonds is 3. The maximum absolute atomic E-state index is 13.3. The largest absolute Gasteiger partial charge is 0.480 e. The SMILES string of the molecule is O=C(NC1(C(=O)O)CCSCC1)c1cc(F)cc(Br)c1. The summed E-state index contributed by atoms with van der Waals surface area (Å²) < 4.78 is 13.7.